The Morgan fingerprint density at radius 2 is 2.06 bits per heavy atom. The summed E-state index contributed by atoms with van der Waals surface area (Å²) in [6.45, 7) is 0. The van der Waals surface area contributed by atoms with Gasteiger partial charge in [-0.15, -0.1) is 0 Å². The van der Waals surface area contributed by atoms with Crippen LogP contribution in [0.2, 0.25) is 0 Å². The van der Waals surface area contributed by atoms with E-state index >= 15 is 0 Å². The van der Waals surface area contributed by atoms with Crippen molar-refractivity contribution in [3.05, 3.63) is 20.8 Å². The van der Waals surface area contributed by atoms with Gasteiger partial charge in [-0.3, -0.25) is 4.79 Å². The van der Waals surface area contributed by atoms with Crippen LogP contribution in [0.5, 0.6) is 0 Å². The molecule has 2 N–H and O–H groups in total. The quantitative estimate of drug-likeness (QED) is 0.864. The van der Waals surface area contributed by atoms with E-state index in [1.165, 1.54) is 6.42 Å². The molecule has 2 nitrogen and oxygen atoms in total. The summed E-state index contributed by atoms with van der Waals surface area (Å²) in [5.41, 5.74) is 6.82. The number of hydrogen-bond donors (Lipinski definition) is 1. The first-order valence-electron chi connectivity index (χ1n) is 5.64. The number of carbonyl (C=O) groups is 1. The van der Waals surface area contributed by atoms with E-state index in [4.69, 9.17) is 5.73 Å². The third-order valence-electron chi connectivity index (χ3n) is 3.28. The molecule has 0 unspecified atom stereocenters. The second-order valence-corrected chi connectivity index (χ2v) is 6.25. The molecular weight excluding hydrogens is 286 g/mol. The van der Waals surface area contributed by atoms with Gasteiger partial charge >= 0.3 is 0 Å². The third kappa shape index (κ3) is 2.73. The summed E-state index contributed by atoms with van der Waals surface area (Å²) < 4.78 is 0.905. The van der Waals surface area contributed by atoms with Crippen molar-refractivity contribution in [1.82, 2.24) is 0 Å². The summed E-state index contributed by atoms with van der Waals surface area (Å²) in [4.78, 5) is 12.1. The Kier molecular flexibility index (Phi) is 3.82. The van der Waals surface area contributed by atoms with E-state index in [9.17, 15) is 4.79 Å². The average molecular weight is 302 g/mol. The lowest BCUT2D eigenvalue weighted by Gasteiger charge is -2.32. The summed E-state index contributed by atoms with van der Waals surface area (Å²) in [6.07, 6.45) is 6.04. The van der Waals surface area contributed by atoms with Crippen LogP contribution in [0.1, 0.15) is 48.9 Å². The minimum Gasteiger partial charge on any atom is -0.325 e. The molecule has 1 saturated carbocycles. The molecule has 0 aromatic carbocycles. The number of rotatable bonds is 3. The highest BCUT2D eigenvalue weighted by molar-refractivity contribution is 9.10. The Morgan fingerprint density at radius 1 is 1.38 bits per heavy atom. The smallest absolute Gasteiger partial charge is 0.166 e. The van der Waals surface area contributed by atoms with Crippen LogP contribution in [0.15, 0.2) is 15.2 Å². The molecule has 0 bridgehead atoms. The van der Waals surface area contributed by atoms with Gasteiger partial charge in [-0.05, 0) is 28.8 Å². The van der Waals surface area contributed by atoms with Crippen molar-refractivity contribution in [3.63, 3.8) is 0 Å². The summed E-state index contributed by atoms with van der Waals surface area (Å²) in [5, 5.41) is 3.84. The molecule has 2 rings (SSSR count). The van der Waals surface area contributed by atoms with Gasteiger partial charge in [-0.2, -0.15) is 11.3 Å². The van der Waals surface area contributed by atoms with Crippen molar-refractivity contribution in [2.24, 2.45) is 5.73 Å². The molecule has 1 fully saturated rings. The lowest BCUT2D eigenvalue weighted by molar-refractivity contribution is 0.0934. The number of Topliss-reactive ketones (excluding diaryl/α,β-unsaturated/α-hetero) is 1. The zero-order chi connectivity index (χ0) is 11.6. The van der Waals surface area contributed by atoms with Crippen LogP contribution in [0.25, 0.3) is 0 Å². The van der Waals surface area contributed by atoms with Gasteiger partial charge < -0.3 is 5.73 Å². The topological polar surface area (TPSA) is 43.1 Å². The van der Waals surface area contributed by atoms with Crippen molar-refractivity contribution >= 4 is 33.0 Å². The molecule has 0 aliphatic heterocycles. The lowest BCUT2D eigenvalue weighted by Crippen LogP contribution is -2.43. The predicted molar refractivity (Wildman–Crippen MR) is 71.0 cm³/mol. The lowest BCUT2D eigenvalue weighted by atomic mass is 9.78. The van der Waals surface area contributed by atoms with Crippen LogP contribution in [0.3, 0.4) is 0 Å². The molecule has 16 heavy (non-hydrogen) atoms. The number of thiophene rings is 1. The van der Waals surface area contributed by atoms with Crippen molar-refractivity contribution < 1.29 is 4.79 Å². The maximum absolute atomic E-state index is 12.1. The van der Waals surface area contributed by atoms with E-state index in [-0.39, 0.29) is 11.3 Å². The first-order valence-corrected chi connectivity index (χ1v) is 7.38. The zero-order valence-corrected chi connectivity index (χ0v) is 11.6. The van der Waals surface area contributed by atoms with E-state index in [2.05, 4.69) is 15.9 Å². The van der Waals surface area contributed by atoms with E-state index in [1.807, 2.05) is 10.8 Å². The van der Waals surface area contributed by atoms with Crippen molar-refractivity contribution in [2.45, 2.75) is 44.1 Å². The molecule has 0 saturated heterocycles. The Labute approximate surface area is 108 Å². The summed E-state index contributed by atoms with van der Waals surface area (Å²) in [7, 11) is 0. The van der Waals surface area contributed by atoms with E-state index in [0.717, 1.165) is 35.7 Å². The molecule has 0 spiro atoms. The summed E-state index contributed by atoms with van der Waals surface area (Å²) >= 11 is 4.95. The van der Waals surface area contributed by atoms with Gasteiger partial charge in [0.05, 0.1) is 0 Å². The van der Waals surface area contributed by atoms with Crippen LogP contribution in [-0.2, 0) is 0 Å². The minimum atomic E-state index is -0.253. The number of ketones is 1. The summed E-state index contributed by atoms with van der Waals surface area (Å²) in [5.74, 6) is 0.178. The number of hydrogen-bond acceptors (Lipinski definition) is 3. The van der Waals surface area contributed by atoms with Gasteiger partial charge in [0.15, 0.2) is 5.78 Å². The highest BCUT2D eigenvalue weighted by atomic mass is 79.9. The van der Waals surface area contributed by atoms with Crippen LogP contribution < -0.4 is 5.73 Å². The molecular formula is C12H16BrNOS. The largest absolute Gasteiger partial charge is 0.325 e. The molecule has 1 aromatic rings. The molecule has 88 valence electrons. The van der Waals surface area contributed by atoms with Gasteiger partial charge in [0.25, 0.3) is 0 Å². The predicted octanol–water partition coefficient (Wildman–Crippen LogP) is 3.75. The maximum Gasteiger partial charge on any atom is 0.166 e. The van der Waals surface area contributed by atoms with Crippen LogP contribution in [0.4, 0.5) is 0 Å². The highest BCUT2D eigenvalue weighted by Crippen LogP contribution is 2.31. The second kappa shape index (κ2) is 4.98. The molecule has 0 radical (unpaired) electrons. The fraction of sp³-hybridized carbons (Fsp3) is 0.583. The normalized spacial score (nSPS) is 19.6. The SMILES string of the molecule is NC1(CC(=O)c2cscc2Br)CCCCC1. The first-order chi connectivity index (χ1) is 7.61. The molecule has 1 heterocycles. The second-order valence-electron chi connectivity index (χ2n) is 4.66. The minimum absolute atomic E-state index is 0.178. The van der Waals surface area contributed by atoms with Crippen molar-refractivity contribution in [2.75, 3.05) is 0 Å². The fourth-order valence-electron chi connectivity index (χ4n) is 2.33. The van der Waals surface area contributed by atoms with Crippen molar-refractivity contribution in [3.8, 4) is 0 Å². The number of carbonyl (C=O) groups excluding carboxylic acids is 1. The molecule has 1 aliphatic rings. The Balaban J connectivity index is 2.04. The fourth-order valence-corrected chi connectivity index (χ4v) is 3.85. The Bertz CT molecular complexity index is 382. The van der Waals surface area contributed by atoms with E-state index in [0.29, 0.717) is 6.42 Å². The average Bonchev–Trinajstić information content (AvgIpc) is 2.65. The van der Waals surface area contributed by atoms with Crippen LogP contribution >= 0.6 is 27.3 Å². The first kappa shape index (κ1) is 12.3. The number of halogens is 1. The van der Waals surface area contributed by atoms with Crippen molar-refractivity contribution in [1.29, 1.82) is 0 Å². The molecule has 1 aliphatic carbocycles. The zero-order valence-electron chi connectivity index (χ0n) is 9.17. The number of nitrogens with two attached hydrogens (primary N) is 1. The van der Waals surface area contributed by atoms with Crippen LogP contribution in [0, 0.1) is 0 Å². The third-order valence-corrected chi connectivity index (χ3v) is 4.98. The van der Waals surface area contributed by atoms with Gasteiger partial charge in [0.2, 0.25) is 0 Å². The van der Waals surface area contributed by atoms with Gasteiger partial charge in [0, 0.05) is 32.8 Å². The Morgan fingerprint density at radius 3 is 2.62 bits per heavy atom. The monoisotopic (exact) mass is 301 g/mol. The van der Waals surface area contributed by atoms with Crippen LogP contribution in [-0.4, -0.2) is 11.3 Å². The molecule has 0 amide bonds. The molecule has 4 heteroatoms. The van der Waals surface area contributed by atoms with Gasteiger partial charge in [0.1, 0.15) is 0 Å². The molecule has 0 atom stereocenters. The standard InChI is InChI=1S/C12H16BrNOS/c13-10-8-16-7-9(10)11(15)6-12(14)4-2-1-3-5-12/h7-8H,1-6,14H2. The van der Waals surface area contributed by atoms with Gasteiger partial charge in [-0.1, -0.05) is 19.3 Å². The molecule has 1 aromatic heterocycles. The Hall–Kier alpha value is -0.190. The highest BCUT2D eigenvalue weighted by Gasteiger charge is 2.30. The summed E-state index contributed by atoms with van der Waals surface area (Å²) in [6, 6.07) is 0. The maximum atomic E-state index is 12.1. The van der Waals surface area contributed by atoms with Gasteiger partial charge in [-0.25, -0.2) is 0 Å². The van der Waals surface area contributed by atoms with E-state index < -0.39 is 0 Å². The van der Waals surface area contributed by atoms with E-state index in [1.54, 1.807) is 11.3 Å².